The molecule has 0 spiro atoms. The fraction of sp³-hybridized carbons (Fsp3) is 0.370. The summed E-state index contributed by atoms with van der Waals surface area (Å²) in [6, 6.07) is 15.3. The highest BCUT2D eigenvalue weighted by Gasteiger charge is 2.29. The number of carbonyl (C=O) groups excluding carboxylic acids is 1. The van der Waals surface area contributed by atoms with Crippen LogP contribution in [0, 0.1) is 0 Å². The van der Waals surface area contributed by atoms with Crippen molar-refractivity contribution in [1.29, 1.82) is 0 Å². The van der Waals surface area contributed by atoms with Crippen LogP contribution in [-0.2, 0) is 24.1 Å². The Morgan fingerprint density at radius 2 is 1.74 bits per heavy atom. The summed E-state index contributed by atoms with van der Waals surface area (Å²) in [5.41, 5.74) is 3.81. The lowest BCUT2D eigenvalue weighted by atomic mass is 10.0. The highest BCUT2D eigenvalue weighted by molar-refractivity contribution is 5.94. The molecule has 5 rings (SSSR count). The molecule has 1 fully saturated rings. The predicted octanol–water partition coefficient (Wildman–Crippen LogP) is 3.12. The maximum atomic E-state index is 13.3. The lowest BCUT2D eigenvalue weighted by Gasteiger charge is -2.34. The van der Waals surface area contributed by atoms with Gasteiger partial charge in [0.15, 0.2) is 0 Å². The molecule has 3 heterocycles. The maximum Gasteiger partial charge on any atom is 0.254 e. The van der Waals surface area contributed by atoms with Crippen LogP contribution in [0.3, 0.4) is 0 Å². The highest BCUT2D eigenvalue weighted by Crippen LogP contribution is 2.29. The van der Waals surface area contributed by atoms with Crippen molar-refractivity contribution in [2.75, 3.05) is 52.0 Å². The summed E-state index contributed by atoms with van der Waals surface area (Å²) >= 11 is 0. The van der Waals surface area contributed by atoms with Gasteiger partial charge in [0.1, 0.15) is 23.1 Å². The Balaban J connectivity index is 1.44. The molecule has 0 aliphatic carbocycles. The molecule has 8 heteroatoms. The minimum Gasteiger partial charge on any atom is -0.497 e. The van der Waals surface area contributed by atoms with Gasteiger partial charge in [-0.3, -0.25) is 4.79 Å². The minimum atomic E-state index is 0.00619. The van der Waals surface area contributed by atoms with Crippen molar-refractivity contribution < 1.29 is 19.0 Å². The molecule has 0 bridgehead atoms. The van der Waals surface area contributed by atoms with Crippen molar-refractivity contribution in [2.24, 2.45) is 0 Å². The van der Waals surface area contributed by atoms with Gasteiger partial charge in [0.05, 0.1) is 39.7 Å². The normalized spacial score (nSPS) is 15.5. The van der Waals surface area contributed by atoms with E-state index in [1.54, 1.807) is 14.2 Å². The number of hydrogen-bond donors (Lipinski definition) is 0. The zero-order valence-electron chi connectivity index (χ0n) is 20.2. The third-order valence-electron chi connectivity index (χ3n) is 6.52. The molecule has 0 N–H and O–H groups in total. The van der Waals surface area contributed by atoms with Crippen molar-refractivity contribution in [3.63, 3.8) is 0 Å². The molecule has 182 valence electrons. The number of nitrogens with zero attached hydrogens (tertiary/aromatic N) is 4. The van der Waals surface area contributed by atoms with E-state index < -0.39 is 0 Å². The molecule has 3 aromatic rings. The van der Waals surface area contributed by atoms with Crippen molar-refractivity contribution in [2.45, 2.75) is 19.4 Å². The number of hydrogen-bond acceptors (Lipinski definition) is 7. The van der Waals surface area contributed by atoms with E-state index in [0.717, 1.165) is 53.1 Å². The number of ether oxygens (including phenoxy) is 3. The number of anilines is 1. The average Bonchev–Trinajstić information content (AvgIpc) is 2.92. The molecule has 1 saturated heterocycles. The van der Waals surface area contributed by atoms with Crippen molar-refractivity contribution in [3.8, 4) is 11.5 Å². The van der Waals surface area contributed by atoms with Crippen molar-refractivity contribution in [1.82, 2.24) is 14.9 Å². The summed E-state index contributed by atoms with van der Waals surface area (Å²) in [5, 5.41) is 0. The fourth-order valence-corrected chi connectivity index (χ4v) is 4.62. The Kier molecular flexibility index (Phi) is 6.81. The molecule has 0 saturated carbocycles. The summed E-state index contributed by atoms with van der Waals surface area (Å²) in [7, 11) is 3.29. The number of methoxy groups -OCH3 is 2. The molecule has 2 aliphatic heterocycles. The highest BCUT2D eigenvalue weighted by atomic mass is 16.5. The summed E-state index contributed by atoms with van der Waals surface area (Å²) in [5.74, 6) is 3.27. The molecule has 0 unspecified atom stereocenters. The van der Waals surface area contributed by atoms with Crippen LogP contribution >= 0.6 is 0 Å². The molecule has 2 aliphatic rings. The van der Waals surface area contributed by atoms with Crippen LogP contribution in [-0.4, -0.2) is 67.8 Å². The Morgan fingerprint density at radius 3 is 2.49 bits per heavy atom. The van der Waals surface area contributed by atoms with Crippen LogP contribution in [0.5, 0.6) is 11.5 Å². The second-order valence-corrected chi connectivity index (χ2v) is 8.72. The van der Waals surface area contributed by atoms with E-state index in [0.29, 0.717) is 44.7 Å². The molecule has 1 aromatic heterocycles. The first-order valence-electron chi connectivity index (χ1n) is 11.9. The third-order valence-corrected chi connectivity index (χ3v) is 6.52. The van der Waals surface area contributed by atoms with Gasteiger partial charge in [-0.05, 0) is 42.0 Å². The van der Waals surface area contributed by atoms with E-state index in [9.17, 15) is 4.79 Å². The van der Waals surface area contributed by atoms with Crippen LogP contribution in [0.1, 0.15) is 33.0 Å². The van der Waals surface area contributed by atoms with Crippen molar-refractivity contribution >= 4 is 11.7 Å². The lowest BCUT2D eigenvalue weighted by molar-refractivity contribution is 0.0732. The third kappa shape index (κ3) is 5.07. The number of aromatic nitrogens is 2. The lowest BCUT2D eigenvalue weighted by Crippen LogP contribution is -2.41. The molecule has 8 nitrogen and oxygen atoms in total. The van der Waals surface area contributed by atoms with Crippen molar-refractivity contribution in [3.05, 3.63) is 76.7 Å². The van der Waals surface area contributed by atoms with Gasteiger partial charge in [0.2, 0.25) is 0 Å². The topological polar surface area (TPSA) is 77.0 Å². The predicted molar refractivity (Wildman–Crippen MR) is 132 cm³/mol. The molecule has 35 heavy (non-hydrogen) atoms. The van der Waals surface area contributed by atoms with Gasteiger partial charge in [-0.25, -0.2) is 9.97 Å². The first kappa shape index (κ1) is 23.1. The second kappa shape index (κ2) is 10.3. The summed E-state index contributed by atoms with van der Waals surface area (Å²) in [6.45, 7) is 3.99. The van der Waals surface area contributed by atoms with Gasteiger partial charge < -0.3 is 24.0 Å². The molecular formula is C27H30N4O4. The number of rotatable bonds is 6. The SMILES string of the molecule is COc1ccc(C(=O)N2CCc3nc(Cc4cccc(OC)c4)nc(N4CCOCC4)c3C2)cc1. The Hall–Kier alpha value is -3.65. The van der Waals surface area contributed by atoms with Gasteiger partial charge in [-0.1, -0.05) is 12.1 Å². The van der Waals surface area contributed by atoms with Gasteiger partial charge in [-0.2, -0.15) is 0 Å². The van der Waals surface area contributed by atoms with E-state index in [1.165, 1.54) is 0 Å². The monoisotopic (exact) mass is 474 g/mol. The first-order valence-corrected chi connectivity index (χ1v) is 11.9. The average molecular weight is 475 g/mol. The maximum absolute atomic E-state index is 13.3. The Labute approximate surface area is 205 Å². The molecule has 0 radical (unpaired) electrons. The zero-order chi connectivity index (χ0) is 24.2. The summed E-state index contributed by atoms with van der Waals surface area (Å²) in [6.07, 6.45) is 1.32. The van der Waals surface area contributed by atoms with E-state index in [1.807, 2.05) is 47.4 Å². The van der Waals surface area contributed by atoms with Gasteiger partial charge in [0.25, 0.3) is 5.91 Å². The fourth-order valence-electron chi connectivity index (χ4n) is 4.62. The number of carbonyl (C=O) groups is 1. The second-order valence-electron chi connectivity index (χ2n) is 8.72. The number of benzene rings is 2. The minimum absolute atomic E-state index is 0.00619. The quantitative estimate of drug-likeness (QED) is 0.543. The van der Waals surface area contributed by atoms with Gasteiger partial charge in [0, 0.05) is 43.6 Å². The van der Waals surface area contributed by atoms with Gasteiger partial charge in [-0.15, -0.1) is 0 Å². The number of amides is 1. The zero-order valence-corrected chi connectivity index (χ0v) is 20.2. The summed E-state index contributed by atoms with van der Waals surface area (Å²) < 4.78 is 16.2. The van der Waals surface area contributed by atoms with E-state index in [2.05, 4.69) is 11.0 Å². The van der Waals surface area contributed by atoms with Crippen LogP contribution in [0.25, 0.3) is 0 Å². The molecule has 2 aromatic carbocycles. The smallest absolute Gasteiger partial charge is 0.254 e. The van der Waals surface area contributed by atoms with Crippen LogP contribution in [0.15, 0.2) is 48.5 Å². The van der Waals surface area contributed by atoms with E-state index >= 15 is 0 Å². The first-order chi connectivity index (χ1) is 17.1. The van der Waals surface area contributed by atoms with E-state index in [-0.39, 0.29) is 5.91 Å². The standard InChI is InChI=1S/C27H30N4O4/c1-33-21-8-6-20(7-9-21)27(32)31-11-10-24-23(18-31)26(30-12-14-35-15-13-30)29-25(28-24)17-19-4-3-5-22(16-19)34-2/h3-9,16H,10-15,17-18H2,1-2H3. The van der Waals surface area contributed by atoms with E-state index in [4.69, 9.17) is 24.2 Å². The Morgan fingerprint density at radius 1 is 0.971 bits per heavy atom. The number of fused-ring (bicyclic) bond motifs is 1. The molecule has 1 amide bonds. The van der Waals surface area contributed by atoms with Gasteiger partial charge >= 0.3 is 0 Å². The van der Waals surface area contributed by atoms with Crippen LogP contribution in [0.2, 0.25) is 0 Å². The Bertz CT molecular complexity index is 1190. The molecule has 0 atom stereocenters. The summed E-state index contributed by atoms with van der Waals surface area (Å²) in [4.78, 5) is 27.4. The van der Waals surface area contributed by atoms with Crippen LogP contribution in [0.4, 0.5) is 5.82 Å². The largest absolute Gasteiger partial charge is 0.497 e. The number of morpholine rings is 1. The molecular weight excluding hydrogens is 444 g/mol. The van der Waals surface area contributed by atoms with Crippen LogP contribution < -0.4 is 14.4 Å².